The summed E-state index contributed by atoms with van der Waals surface area (Å²) in [5, 5.41) is 0. The van der Waals surface area contributed by atoms with Gasteiger partial charge in [0.2, 0.25) is 0 Å². The van der Waals surface area contributed by atoms with Gasteiger partial charge in [0.25, 0.3) is 0 Å². The standard InChI is InChI=1S/C11H22N2O2/c1-3-10-5-14-8-12(10)7-13-9-15-6-11(13)4-2/h10-11H,3-9H2,1-2H3/t10-,11-/m0/s1. The molecule has 0 aromatic rings. The Morgan fingerprint density at radius 2 is 1.40 bits per heavy atom. The Hall–Kier alpha value is -0.160. The Balaban J connectivity index is 1.84. The lowest BCUT2D eigenvalue weighted by Gasteiger charge is -2.29. The van der Waals surface area contributed by atoms with Crippen LogP contribution in [0.4, 0.5) is 0 Å². The van der Waals surface area contributed by atoms with Gasteiger partial charge in [-0.05, 0) is 12.8 Å². The smallest absolute Gasteiger partial charge is 0.100 e. The maximum Gasteiger partial charge on any atom is 0.100 e. The minimum atomic E-state index is 0.600. The molecule has 0 bridgehead atoms. The lowest BCUT2D eigenvalue weighted by atomic mass is 10.2. The van der Waals surface area contributed by atoms with E-state index in [1.54, 1.807) is 0 Å². The first-order valence-corrected chi connectivity index (χ1v) is 5.98. The predicted octanol–water partition coefficient (Wildman–Crippen LogP) is 1.08. The number of nitrogens with zero attached hydrogens (tertiary/aromatic N) is 2. The minimum Gasteiger partial charge on any atom is -0.364 e. The van der Waals surface area contributed by atoms with Gasteiger partial charge < -0.3 is 9.47 Å². The van der Waals surface area contributed by atoms with Crippen molar-refractivity contribution in [3.8, 4) is 0 Å². The first kappa shape index (κ1) is 11.3. The molecule has 2 fully saturated rings. The van der Waals surface area contributed by atoms with Crippen LogP contribution in [0.3, 0.4) is 0 Å². The summed E-state index contributed by atoms with van der Waals surface area (Å²) in [4.78, 5) is 4.83. The Kier molecular flexibility index (Phi) is 3.97. The van der Waals surface area contributed by atoms with Crippen LogP contribution in [-0.4, -0.2) is 55.2 Å². The van der Waals surface area contributed by atoms with Crippen LogP contribution in [0.25, 0.3) is 0 Å². The summed E-state index contributed by atoms with van der Waals surface area (Å²) in [6.07, 6.45) is 2.34. The summed E-state index contributed by atoms with van der Waals surface area (Å²) < 4.78 is 11.0. The topological polar surface area (TPSA) is 24.9 Å². The molecule has 0 unspecified atom stereocenters. The summed E-state index contributed by atoms with van der Waals surface area (Å²) in [5.74, 6) is 0. The Bertz CT molecular complexity index is 181. The molecule has 0 spiro atoms. The molecular weight excluding hydrogens is 192 g/mol. The molecule has 2 heterocycles. The van der Waals surface area contributed by atoms with E-state index < -0.39 is 0 Å². The van der Waals surface area contributed by atoms with E-state index in [0.717, 1.165) is 33.3 Å². The van der Waals surface area contributed by atoms with Crippen molar-refractivity contribution < 1.29 is 9.47 Å². The fourth-order valence-corrected chi connectivity index (χ4v) is 2.33. The first-order chi connectivity index (χ1) is 7.35. The third-order valence-electron chi connectivity index (χ3n) is 3.47. The third-order valence-corrected chi connectivity index (χ3v) is 3.47. The highest BCUT2D eigenvalue weighted by molar-refractivity contribution is 4.77. The van der Waals surface area contributed by atoms with Crippen LogP contribution in [0.15, 0.2) is 0 Å². The van der Waals surface area contributed by atoms with Crippen molar-refractivity contribution in [2.24, 2.45) is 0 Å². The molecule has 2 saturated heterocycles. The number of hydrogen-bond acceptors (Lipinski definition) is 4. The highest BCUT2D eigenvalue weighted by Gasteiger charge is 2.30. The maximum absolute atomic E-state index is 5.50. The molecule has 0 radical (unpaired) electrons. The fourth-order valence-electron chi connectivity index (χ4n) is 2.33. The first-order valence-electron chi connectivity index (χ1n) is 5.98. The largest absolute Gasteiger partial charge is 0.364 e. The summed E-state index contributed by atoms with van der Waals surface area (Å²) in [6, 6.07) is 1.20. The van der Waals surface area contributed by atoms with Gasteiger partial charge in [0.1, 0.15) is 13.5 Å². The van der Waals surface area contributed by atoms with Gasteiger partial charge in [-0.2, -0.15) is 0 Å². The molecular formula is C11H22N2O2. The second-order valence-electron chi connectivity index (χ2n) is 4.44. The van der Waals surface area contributed by atoms with Crippen molar-refractivity contribution >= 4 is 0 Å². The molecule has 0 saturated carbocycles. The molecule has 4 heteroatoms. The second-order valence-corrected chi connectivity index (χ2v) is 4.44. The van der Waals surface area contributed by atoms with E-state index in [9.17, 15) is 0 Å². The molecule has 2 aliphatic heterocycles. The molecule has 0 aromatic heterocycles. The van der Waals surface area contributed by atoms with Crippen LogP contribution >= 0.6 is 0 Å². The Labute approximate surface area is 92.1 Å². The monoisotopic (exact) mass is 214 g/mol. The highest BCUT2D eigenvalue weighted by atomic mass is 16.5. The van der Waals surface area contributed by atoms with Crippen LogP contribution in [0.1, 0.15) is 26.7 Å². The predicted molar refractivity (Wildman–Crippen MR) is 58.3 cm³/mol. The minimum absolute atomic E-state index is 0.600. The lowest BCUT2D eigenvalue weighted by molar-refractivity contribution is 0.0525. The van der Waals surface area contributed by atoms with E-state index in [0.29, 0.717) is 12.1 Å². The Morgan fingerprint density at radius 3 is 1.80 bits per heavy atom. The maximum atomic E-state index is 5.50. The van der Waals surface area contributed by atoms with E-state index in [1.807, 2.05) is 0 Å². The van der Waals surface area contributed by atoms with E-state index in [4.69, 9.17) is 9.47 Å². The molecule has 15 heavy (non-hydrogen) atoms. The quantitative estimate of drug-likeness (QED) is 0.699. The number of ether oxygens (including phenoxy) is 2. The zero-order valence-corrected chi connectivity index (χ0v) is 9.82. The molecule has 88 valence electrons. The number of hydrogen-bond donors (Lipinski definition) is 0. The molecule has 2 atom stereocenters. The number of rotatable bonds is 4. The molecule has 0 N–H and O–H groups in total. The molecule has 2 aliphatic rings. The molecule has 2 rings (SSSR count). The molecule has 0 aliphatic carbocycles. The van der Waals surface area contributed by atoms with Gasteiger partial charge in [0.05, 0.1) is 19.9 Å². The summed E-state index contributed by atoms with van der Waals surface area (Å²) in [5.41, 5.74) is 0. The van der Waals surface area contributed by atoms with Gasteiger partial charge in [-0.1, -0.05) is 13.8 Å². The van der Waals surface area contributed by atoms with Crippen molar-refractivity contribution in [3.63, 3.8) is 0 Å². The van der Waals surface area contributed by atoms with Gasteiger partial charge in [0.15, 0.2) is 0 Å². The van der Waals surface area contributed by atoms with Crippen LogP contribution in [0.2, 0.25) is 0 Å². The summed E-state index contributed by atoms with van der Waals surface area (Å²) in [6.45, 7) is 8.80. The lowest BCUT2D eigenvalue weighted by Crippen LogP contribution is -2.43. The molecule has 0 amide bonds. The average Bonchev–Trinajstić information content (AvgIpc) is 2.87. The van der Waals surface area contributed by atoms with E-state index in [1.165, 1.54) is 12.8 Å². The van der Waals surface area contributed by atoms with Gasteiger partial charge in [-0.25, -0.2) is 0 Å². The van der Waals surface area contributed by atoms with Crippen molar-refractivity contribution in [2.75, 3.05) is 33.3 Å². The van der Waals surface area contributed by atoms with Gasteiger partial charge in [-0.15, -0.1) is 0 Å². The van der Waals surface area contributed by atoms with E-state index >= 15 is 0 Å². The van der Waals surface area contributed by atoms with Gasteiger partial charge >= 0.3 is 0 Å². The van der Waals surface area contributed by atoms with E-state index in [2.05, 4.69) is 23.6 Å². The summed E-state index contributed by atoms with van der Waals surface area (Å²) in [7, 11) is 0. The Morgan fingerprint density at radius 1 is 0.933 bits per heavy atom. The molecule has 0 aromatic carbocycles. The van der Waals surface area contributed by atoms with Crippen LogP contribution < -0.4 is 0 Å². The second kappa shape index (κ2) is 5.25. The fraction of sp³-hybridized carbons (Fsp3) is 1.00. The zero-order valence-electron chi connectivity index (χ0n) is 9.82. The van der Waals surface area contributed by atoms with Crippen LogP contribution in [0, 0.1) is 0 Å². The summed E-state index contributed by atoms with van der Waals surface area (Å²) >= 11 is 0. The normalized spacial score (nSPS) is 34.0. The van der Waals surface area contributed by atoms with Crippen LogP contribution in [0.5, 0.6) is 0 Å². The van der Waals surface area contributed by atoms with Crippen LogP contribution in [-0.2, 0) is 9.47 Å². The molecule has 4 nitrogen and oxygen atoms in total. The third kappa shape index (κ3) is 2.50. The average molecular weight is 214 g/mol. The van der Waals surface area contributed by atoms with E-state index in [-0.39, 0.29) is 0 Å². The van der Waals surface area contributed by atoms with Gasteiger partial charge in [0, 0.05) is 12.1 Å². The highest BCUT2D eigenvalue weighted by Crippen LogP contribution is 2.18. The van der Waals surface area contributed by atoms with Crippen molar-refractivity contribution in [1.29, 1.82) is 0 Å². The van der Waals surface area contributed by atoms with Crippen molar-refractivity contribution in [1.82, 2.24) is 9.80 Å². The zero-order chi connectivity index (χ0) is 10.7. The SMILES string of the molecule is CC[C@H]1COCN1CN1COC[C@@H]1CC. The van der Waals surface area contributed by atoms with Gasteiger partial charge in [-0.3, -0.25) is 9.80 Å². The van der Waals surface area contributed by atoms with Crippen molar-refractivity contribution in [2.45, 2.75) is 38.8 Å². The van der Waals surface area contributed by atoms with Crippen molar-refractivity contribution in [3.05, 3.63) is 0 Å².